The van der Waals surface area contributed by atoms with E-state index >= 15 is 0 Å². The van der Waals surface area contributed by atoms with Crippen molar-refractivity contribution in [2.75, 3.05) is 18.4 Å². The molecule has 8 heteroatoms. The van der Waals surface area contributed by atoms with Crippen LogP contribution in [0, 0.1) is 17.6 Å². The van der Waals surface area contributed by atoms with E-state index in [1.165, 1.54) is 12.3 Å². The van der Waals surface area contributed by atoms with Crippen molar-refractivity contribution in [3.63, 3.8) is 0 Å². The molecular weight excluding hydrogens is 318 g/mol. The number of piperidine rings is 1. The zero-order chi connectivity index (χ0) is 17.1. The van der Waals surface area contributed by atoms with Crippen LogP contribution in [0.15, 0.2) is 24.4 Å². The van der Waals surface area contributed by atoms with Gasteiger partial charge in [-0.3, -0.25) is 14.7 Å². The molecule has 0 atom stereocenters. The number of benzene rings is 1. The fourth-order valence-electron chi connectivity index (χ4n) is 2.76. The molecule has 0 bridgehead atoms. The van der Waals surface area contributed by atoms with E-state index in [1.54, 1.807) is 0 Å². The number of ketones is 1. The first-order valence-electron chi connectivity index (χ1n) is 7.61. The van der Waals surface area contributed by atoms with E-state index in [1.807, 2.05) is 0 Å². The van der Waals surface area contributed by atoms with Gasteiger partial charge in [0, 0.05) is 5.92 Å². The van der Waals surface area contributed by atoms with Crippen LogP contribution >= 0.6 is 0 Å². The second-order valence-corrected chi connectivity index (χ2v) is 5.60. The Morgan fingerprint density at radius 2 is 1.83 bits per heavy atom. The number of anilines is 1. The second kappa shape index (κ2) is 6.88. The van der Waals surface area contributed by atoms with Gasteiger partial charge in [0.1, 0.15) is 22.9 Å². The van der Waals surface area contributed by atoms with Crippen molar-refractivity contribution in [2.24, 2.45) is 5.92 Å². The standard InChI is InChI=1S/C16H16F2N4O2/c17-10-2-1-3-11(18)13(10)16(24)21-12-8-20-22-14(12)15(23)9-4-6-19-7-5-9/h1-3,8-9,19H,4-7H2,(H,20,22)(H,21,24). The highest BCUT2D eigenvalue weighted by molar-refractivity contribution is 6.09. The number of carbonyl (C=O) groups excluding carboxylic acids is 2. The minimum Gasteiger partial charge on any atom is -0.318 e. The number of aromatic amines is 1. The number of nitrogens with one attached hydrogen (secondary N) is 3. The van der Waals surface area contributed by atoms with Gasteiger partial charge in [0.25, 0.3) is 5.91 Å². The van der Waals surface area contributed by atoms with E-state index in [0.717, 1.165) is 25.2 Å². The molecular formula is C16H16F2N4O2. The lowest BCUT2D eigenvalue weighted by atomic mass is 9.91. The molecule has 0 unspecified atom stereocenters. The lowest BCUT2D eigenvalue weighted by Crippen LogP contribution is -2.32. The van der Waals surface area contributed by atoms with Gasteiger partial charge in [-0.1, -0.05) is 6.07 Å². The lowest BCUT2D eigenvalue weighted by molar-refractivity contribution is 0.0890. The van der Waals surface area contributed by atoms with Crippen molar-refractivity contribution in [3.05, 3.63) is 47.3 Å². The number of halogens is 2. The third kappa shape index (κ3) is 3.18. The number of hydrogen-bond donors (Lipinski definition) is 3. The van der Waals surface area contributed by atoms with Crippen molar-refractivity contribution in [3.8, 4) is 0 Å². The minimum absolute atomic E-state index is 0.117. The molecule has 1 aromatic carbocycles. The topological polar surface area (TPSA) is 86.9 Å². The molecule has 0 spiro atoms. The molecule has 6 nitrogen and oxygen atoms in total. The monoisotopic (exact) mass is 334 g/mol. The Morgan fingerprint density at radius 1 is 1.17 bits per heavy atom. The summed E-state index contributed by atoms with van der Waals surface area (Å²) in [7, 11) is 0. The van der Waals surface area contributed by atoms with Gasteiger partial charge < -0.3 is 10.6 Å². The third-order valence-corrected chi connectivity index (χ3v) is 4.03. The number of Topliss-reactive ketones (excluding diaryl/α,β-unsaturated/α-hetero) is 1. The fourth-order valence-corrected chi connectivity index (χ4v) is 2.76. The van der Waals surface area contributed by atoms with Crippen LogP contribution in [0.3, 0.4) is 0 Å². The first-order valence-corrected chi connectivity index (χ1v) is 7.61. The van der Waals surface area contributed by atoms with E-state index in [9.17, 15) is 18.4 Å². The number of hydrogen-bond acceptors (Lipinski definition) is 4. The van der Waals surface area contributed by atoms with E-state index in [0.29, 0.717) is 12.8 Å². The molecule has 1 aromatic heterocycles. The van der Waals surface area contributed by atoms with Gasteiger partial charge in [0.15, 0.2) is 5.78 Å². The fraction of sp³-hybridized carbons (Fsp3) is 0.312. The van der Waals surface area contributed by atoms with Crippen LogP contribution < -0.4 is 10.6 Å². The zero-order valence-corrected chi connectivity index (χ0v) is 12.7. The van der Waals surface area contributed by atoms with Gasteiger partial charge in [0.2, 0.25) is 0 Å². The molecule has 0 saturated carbocycles. The van der Waals surface area contributed by atoms with Crippen LogP contribution in [0.1, 0.15) is 33.7 Å². The van der Waals surface area contributed by atoms with Crippen LogP contribution in [0.5, 0.6) is 0 Å². The van der Waals surface area contributed by atoms with Gasteiger partial charge in [-0.15, -0.1) is 0 Å². The summed E-state index contributed by atoms with van der Waals surface area (Å²) in [5.74, 6) is -3.25. The maximum Gasteiger partial charge on any atom is 0.261 e. The van der Waals surface area contributed by atoms with E-state index < -0.39 is 23.1 Å². The maximum absolute atomic E-state index is 13.7. The van der Waals surface area contributed by atoms with Crippen LogP contribution in [0.4, 0.5) is 14.5 Å². The average molecular weight is 334 g/mol. The molecule has 1 aliphatic rings. The number of carbonyl (C=O) groups is 2. The molecule has 3 rings (SSSR count). The van der Waals surface area contributed by atoms with Gasteiger partial charge in [-0.05, 0) is 38.1 Å². The van der Waals surface area contributed by atoms with Crippen molar-refractivity contribution in [1.29, 1.82) is 0 Å². The molecule has 3 N–H and O–H groups in total. The third-order valence-electron chi connectivity index (χ3n) is 4.03. The Labute approximate surface area is 136 Å². The number of nitrogens with zero attached hydrogens (tertiary/aromatic N) is 1. The average Bonchev–Trinajstić information content (AvgIpc) is 3.03. The maximum atomic E-state index is 13.7. The Bertz CT molecular complexity index is 749. The lowest BCUT2D eigenvalue weighted by Gasteiger charge is -2.21. The number of rotatable bonds is 4. The van der Waals surface area contributed by atoms with Crippen LogP contribution in [0.25, 0.3) is 0 Å². The second-order valence-electron chi connectivity index (χ2n) is 5.60. The highest BCUT2D eigenvalue weighted by Crippen LogP contribution is 2.23. The molecule has 0 aliphatic carbocycles. The van der Waals surface area contributed by atoms with Crippen molar-refractivity contribution < 1.29 is 18.4 Å². The quantitative estimate of drug-likeness (QED) is 0.748. The molecule has 1 aliphatic heterocycles. The summed E-state index contributed by atoms with van der Waals surface area (Å²) in [6, 6.07) is 3.16. The summed E-state index contributed by atoms with van der Waals surface area (Å²) in [4.78, 5) is 24.7. The summed E-state index contributed by atoms with van der Waals surface area (Å²) in [6.45, 7) is 1.49. The Morgan fingerprint density at radius 3 is 2.50 bits per heavy atom. The molecule has 24 heavy (non-hydrogen) atoms. The number of amides is 1. The summed E-state index contributed by atoms with van der Waals surface area (Å²) in [6.07, 6.45) is 2.63. The van der Waals surface area contributed by atoms with E-state index in [2.05, 4.69) is 20.8 Å². The van der Waals surface area contributed by atoms with E-state index in [4.69, 9.17) is 0 Å². The molecule has 2 heterocycles. The van der Waals surface area contributed by atoms with Gasteiger partial charge in [-0.2, -0.15) is 5.10 Å². The summed E-state index contributed by atoms with van der Waals surface area (Å²) < 4.78 is 27.4. The Balaban J connectivity index is 1.80. The normalized spacial score (nSPS) is 15.2. The summed E-state index contributed by atoms with van der Waals surface area (Å²) >= 11 is 0. The van der Waals surface area contributed by atoms with Crippen molar-refractivity contribution >= 4 is 17.4 Å². The van der Waals surface area contributed by atoms with Crippen LogP contribution in [-0.4, -0.2) is 35.0 Å². The molecule has 126 valence electrons. The van der Waals surface area contributed by atoms with Gasteiger partial charge in [-0.25, -0.2) is 8.78 Å². The predicted molar refractivity (Wildman–Crippen MR) is 82.8 cm³/mol. The minimum atomic E-state index is -0.970. The largest absolute Gasteiger partial charge is 0.318 e. The Kier molecular flexibility index (Phi) is 4.66. The molecule has 1 saturated heterocycles. The predicted octanol–water partition coefficient (Wildman–Crippen LogP) is 2.12. The van der Waals surface area contributed by atoms with Crippen molar-refractivity contribution in [1.82, 2.24) is 15.5 Å². The molecule has 0 radical (unpaired) electrons. The van der Waals surface area contributed by atoms with Gasteiger partial charge >= 0.3 is 0 Å². The SMILES string of the molecule is O=C(Nc1cn[nH]c1C(=O)C1CCNCC1)c1c(F)cccc1F. The highest BCUT2D eigenvalue weighted by atomic mass is 19.1. The molecule has 1 amide bonds. The van der Waals surface area contributed by atoms with Crippen LogP contribution in [0.2, 0.25) is 0 Å². The summed E-state index contributed by atoms with van der Waals surface area (Å²) in [5, 5.41) is 11.9. The van der Waals surface area contributed by atoms with Crippen molar-refractivity contribution in [2.45, 2.75) is 12.8 Å². The first kappa shape index (κ1) is 16.3. The number of aromatic nitrogens is 2. The smallest absolute Gasteiger partial charge is 0.261 e. The van der Waals surface area contributed by atoms with Gasteiger partial charge in [0.05, 0.1) is 11.9 Å². The first-order chi connectivity index (χ1) is 11.6. The molecule has 2 aromatic rings. The Hall–Kier alpha value is -2.61. The van der Waals surface area contributed by atoms with Crippen LogP contribution in [-0.2, 0) is 0 Å². The highest BCUT2D eigenvalue weighted by Gasteiger charge is 2.27. The van der Waals surface area contributed by atoms with E-state index in [-0.39, 0.29) is 23.1 Å². The number of H-pyrrole nitrogens is 1. The zero-order valence-electron chi connectivity index (χ0n) is 12.7. The summed E-state index contributed by atoms with van der Waals surface area (Å²) in [5.41, 5.74) is -0.433. The molecule has 1 fully saturated rings.